The van der Waals surface area contributed by atoms with Gasteiger partial charge in [0, 0.05) is 53.8 Å². The number of fused-ring (bicyclic) bond motifs is 5. The van der Waals surface area contributed by atoms with Crippen molar-refractivity contribution in [2.75, 3.05) is 45.1 Å². The Hall–Kier alpha value is -5.87. The van der Waals surface area contributed by atoms with E-state index in [2.05, 4.69) is 47.5 Å². The minimum Gasteiger partial charge on any atom is -0.508 e. The number of phenolic OH excluding ortho intramolecular Hbond substituents is 1. The maximum Gasteiger partial charge on any atom is 0.246 e. The maximum atomic E-state index is 15.0. The van der Waals surface area contributed by atoms with Gasteiger partial charge < -0.3 is 78.6 Å². The molecule has 0 spiro atoms. The van der Waals surface area contributed by atoms with E-state index >= 15 is 4.21 Å². The van der Waals surface area contributed by atoms with E-state index in [0.29, 0.717) is 23.9 Å². The Balaban J connectivity index is 1.57. The molecular weight excluding hydrogens is 971 g/mol. The first-order valence-electron chi connectivity index (χ1n) is 23.4. The summed E-state index contributed by atoms with van der Waals surface area (Å²) in [5, 5.41) is 63.9. The lowest BCUT2D eigenvalue weighted by molar-refractivity contribution is -0.144. The van der Waals surface area contributed by atoms with E-state index in [1.807, 2.05) is 0 Å². The minimum atomic E-state index is -2.41. The zero-order valence-corrected chi connectivity index (χ0v) is 41.0. The van der Waals surface area contributed by atoms with Gasteiger partial charge in [0.15, 0.2) is 0 Å². The molecule has 6 unspecified atom stereocenters. The van der Waals surface area contributed by atoms with Gasteiger partial charge in [0.05, 0.1) is 60.4 Å². The first-order chi connectivity index (χ1) is 33.7. The van der Waals surface area contributed by atoms with E-state index in [1.54, 1.807) is 25.6 Å². The van der Waals surface area contributed by atoms with Crippen LogP contribution in [-0.2, 0) is 66.1 Å². The number of nitrogens with two attached hydrogens (primary N) is 1. The molecular formula is C44H63N11O14S2. The van der Waals surface area contributed by atoms with Crippen LogP contribution in [0.4, 0.5) is 0 Å². The van der Waals surface area contributed by atoms with E-state index in [1.165, 1.54) is 19.1 Å². The number of aromatic hydroxyl groups is 1. The van der Waals surface area contributed by atoms with Crippen molar-refractivity contribution < 1.29 is 67.8 Å². The highest BCUT2D eigenvalue weighted by Gasteiger charge is 2.45. The molecule has 2 bridgehead atoms. The number of amides is 9. The number of rotatable bonds is 10. The van der Waals surface area contributed by atoms with Crippen molar-refractivity contribution in [3.63, 3.8) is 0 Å². The lowest BCUT2D eigenvalue weighted by atomic mass is 9.93. The highest BCUT2D eigenvalue weighted by atomic mass is 32.2. The topological polar surface area (TPSA) is 393 Å². The van der Waals surface area contributed by atoms with Crippen molar-refractivity contribution in [1.82, 2.24) is 52.4 Å². The Labute approximate surface area is 414 Å². The number of phenols is 1. The average molecular weight is 1030 g/mol. The molecule has 0 radical (unpaired) electrons. The second-order valence-electron chi connectivity index (χ2n) is 18.3. The molecule has 25 nitrogen and oxygen atoms in total. The van der Waals surface area contributed by atoms with E-state index in [0.717, 1.165) is 17.9 Å². The van der Waals surface area contributed by atoms with Crippen molar-refractivity contribution in [1.29, 1.82) is 0 Å². The van der Waals surface area contributed by atoms with E-state index in [4.69, 9.17) is 5.73 Å². The minimum absolute atomic E-state index is 0.107. The molecule has 4 aliphatic rings. The average Bonchev–Trinajstić information content (AvgIpc) is 4.10. The number of aliphatic hydroxyl groups is 3. The largest absolute Gasteiger partial charge is 0.508 e. The van der Waals surface area contributed by atoms with Crippen molar-refractivity contribution in [3.05, 3.63) is 23.3 Å². The predicted octanol–water partition coefficient (Wildman–Crippen LogP) is -5.33. The second kappa shape index (κ2) is 24.0. The summed E-state index contributed by atoms with van der Waals surface area (Å²) in [6, 6.07) is -7.13. The molecule has 15 N–H and O–H groups in total. The number of nitrogens with zero attached hydrogens (tertiary/aromatic N) is 1. The third-order valence-corrected chi connectivity index (χ3v) is 16.1. The third kappa shape index (κ3) is 13.2. The van der Waals surface area contributed by atoms with Crippen molar-refractivity contribution in [3.8, 4) is 5.75 Å². The van der Waals surface area contributed by atoms with Crippen molar-refractivity contribution >= 4 is 86.6 Å². The summed E-state index contributed by atoms with van der Waals surface area (Å²) >= 11 is 1.54. The van der Waals surface area contributed by atoms with Crippen LogP contribution in [0, 0.1) is 11.8 Å². The summed E-state index contributed by atoms with van der Waals surface area (Å²) in [7, 11) is -2.41. The SMILES string of the molecule is CC[C@H](C)C1NC(=O)CNC(=O)[C@@H]2Cc3c([nH]c4c(CSC5CCNC5)c(O)ccc34)S(=O)C[C@H](NC(=O)CNC1=O)C(=O)NC(CC(N)=O)C(=O)N1C[C@H](O)C[C@H]1C(=O)NC([C@@H](C)C(O)CO)C(=O)N2. The Bertz CT molecular complexity index is 2420. The summed E-state index contributed by atoms with van der Waals surface area (Å²) in [4.78, 5) is 129. The van der Waals surface area contributed by atoms with Crippen molar-refractivity contribution in [2.45, 2.75) is 117 Å². The van der Waals surface area contributed by atoms with Gasteiger partial charge in [-0.3, -0.25) is 47.4 Å². The number of carbonyl (C=O) groups is 9. The molecule has 6 rings (SSSR count). The highest BCUT2D eigenvalue weighted by molar-refractivity contribution is 7.99. The van der Waals surface area contributed by atoms with Crippen LogP contribution in [0.15, 0.2) is 17.2 Å². The van der Waals surface area contributed by atoms with Gasteiger partial charge >= 0.3 is 0 Å². The zero-order valence-electron chi connectivity index (χ0n) is 39.4. The molecule has 2 saturated heterocycles. The highest BCUT2D eigenvalue weighted by Crippen LogP contribution is 2.37. The number of nitrogens with one attached hydrogen (secondary N) is 9. The van der Waals surface area contributed by atoms with Gasteiger partial charge in [-0.15, -0.1) is 0 Å². The number of aliphatic hydroxyl groups excluding tert-OH is 3. The fourth-order valence-electron chi connectivity index (χ4n) is 8.94. The molecule has 1 aromatic carbocycles. The van der Waals surface area contributed by atoms with Crippen LogP contribution < -0.4 is 48.3 Å². The van der Waals surface area contributed by atoms with Gasteiger partial charge in [-0.2, -0.15) is 11.8 Å². The number of hydrogen-bond donors (Lipinski definition) is 14. The lowest BCUT2D eigenvalue weighted by Gasteiger charge is -2.32. The van der Waals surface area contributed by atoms with Gasteiger partial charge in [0.2, 0.25) is 53.2 Å². The number of hydrogen-bond acceptors (Lipinski definition) is 16. The van der Waals surface area contributed by atoms with Crippen LogP contribution in [0.1, 0.15) is 57.6 Å². The summed E-state index contributed by atoms with van der Waals surface area (Å²) < 4.78 is 15.0. The van der Waals surface area contributed by atoms with Crippen LogP contribution >= 0.6 is 11.8 Å². The fourth-order valence-corrected chi connectivity index (χ4v) is 11.5. The molecule has 5 heterocycles. The maximum absolute atomic E-state index is 15.0. The van der Waals surface area contributed by atoms with E-state index < -0.39 is 176 Å². The van der Waals surface area contributed by atoms with Gasteiger partial charge in [-0.25, -0.2) is 0 Å². The Morgan fingerprint density at radius 2 is 1.61 bits per heavy atom. The molecule has 2 aromatic rings. The number of primary amides is 1. The first kappa shape index (κ1) is 54.5. The van der Waals surface area contributed by atoms with Crippen molar-refractivity contribution in [2.24, 2.45) is 17.6 Å². The van der Waals surface area contributed by atoms with Gasteiger partial charge in [0.25, 0.3) is 0 Å². The summed E-state index contributed by atoms with van der Waals surface area (Å²) in [6.07, 6.45) is -3.60. The molecule has 0 saturated carbocycles. The predicted molar refractivity (Wildman–Crippen MR) is 255 cm³/mol. The summed E-state index contributed by atoms with van der Waals surface area (Å²) in [6.45, 7) is 3.28. The number of carbonyl (C=O) groups excluding carboxylic acids is 9. The quantitative estimate of drug-likeness (QED) is 0.106. The van der Waals surface area contributed by atoms with Gasteiger partial charge in [-0.1, -0.05) is 27.2 Å². The standard InChI is InChI=1S/C44H63N11O14S2/c1-4-19(2)35-41(66)48-13-33(61)49-28-18-71(69)43-24(23-5-6-30(58)25(37(23)54-43)17-70-22-7-8-46-12-22)10-26(38(63)47-14-34(62)52-35)50-42(67)36(20(3)31(59)16-56)53-40(65)29-9-21(57)15-55(29)44(68)27(11-32(45)60)51-39(28)64/h5-6,19-22,26-29,31,35-36,46,54,56-59H,4,7-18H2,1-3H3,(H2,45,60)(H,47,63)(H,48,66)(H,49,61)(H,50,67)(H,51,64)(H,52,62)(H,53,65)/t19-,20-,21+,22?,26-,27?,28-,29-,31?,35?,36?,71?/m0/s1. The van der Waals surface area contributed by atoms with Crippen LogP contribution in [0.5, 0.6) is 5.75 Å². The molecule has 71 heavy (non-hydrogen) atoms. The van der Waals surface area contributed by atoms with Crippen LogP contribution in [-0.4, -0.2) is 186 Å². The number of aromatic nitrogens is 1. The Kier molecular flexibility index (Phi) is 18.4. The molecule has 4 aliphatic heterocycles. The normalized spacial score (nSPS) is 29.0. The first-order valence-corrected chi connectivity index (χ1v) is 25.7. The smallest absolute Gasteiger partial charge is 0.246 e. The lowest BCUT2D eigenvalue weighted by Crippen LogP contribution is -2.62. The number of benzene rings is 1. The van der Waals surface area contributed by atoms with Gasteiger partial charge in [0.1, 0.15) is 47.0 Å². The Morgan fingerprint density at radius 1 is 0.901 bits per heavy atom. The second-order valence-corrected chi connectivity index (χ2v) is 21.1. The van der Waals surface area contributed by atoms with E-state index in [-0.39, 0.29) is 32.9 Å². The molecule has 12 atom stereocenters. The molecule has 390 valence electrons. The van der Waals surface area contributed by atoms with E-state index in [9.17, 15) is 63.6 Å². The fraction of sp³-hybridized carbons (Fsp3) is 0.614. The molecule has 1 aromatic heterocycles. The monoisotopic (exact) mass is 1030 g/mol. The number of H-pyrrole nitrogens is 1. The number of thioether (sulfide) groups is 1. The molecule has 2 fully saturated rings. The number of aromatic amines is 1. The Morgan fingerprint density at radius 3 is 2.27 bits per heavy atom. The molecule has 27 heteroatoms. The molecule has 9 amide bonds. The summed E-state index contributed by atoms with van der Waals surface area (Å²) in [5.74, 6) is -11.7. The van der Waals surface area contributed by atoms with Gasteiger partial charge in [-0.05, 0) is 36.6 Å². The molecule has 0 aliphatic carbocycles. The zero-order chi connectivity index (χ0) is 51.8. The van der Waals surface area contributed by atoms with Crippen LogP contribution in [0.25, 0.3) is 10.9 Å². The van der Waals surface area contributed by atoms with Crippen LogP contribution in [0.3, 0.4) is 0 Å². The summed E-state index contributed by atoms with van der Waals surface area (Å²) in [5.41, 5.74) is 6.30. The van der Waals surface area contributed by atoms with Crippen LogP contribution in [0.2, 0.25) is 0 Å². The third-order valence-electron chi connectivity index (χ3n) is 13.3.